The number of rotatable bonds is 5. The summed E-state index contributed by atoms with van der Waals surface area (Å²) in [6.45, 7) is 3.47. The molecule has 1 N–H and O–H groups in total. The van der Waals surface area contributed by atoms with Crippen LogP contribution in [0.4, 0.5) is 24.8 Å². The lowest BCUT2D eigenvalue weighted by Crippen LogP contribution is -2.30. The zero-order valence-corrected chi connectivity index (χ0v) is 18.0. The van der Waals surface area contributed by atoms with Crippen molar-refractivity contribution >= 4 is 23.3 Å². The maximum absolute atomic E-state index is 13.4. The number of fused-ring (bicyclic) bond motifs is 1. The number of hydrogen-bond donors (Lipinski definition) is 1. The molecule has 9 nitrogen and oxygen atoms in total. The molecule has 1 aliphatic rings. The molecule has 0 aliphatic carbocycles. The number of aromatic nitrogens is 3. The Labute approximate surface area is 191 Å². The van der Waals surface area contributed by atoms with E-state index in [1.165, 1.54) is 24.3 Å². The third-order valence-electron chi connectivity index (χ3n) is 5.16. The van der Waals surface area contributed by atoms with Gasteiger partial charge < -0.3 is 10.1 Å². The maximum Gasteiger partial charge on any atom is 0.453 e. The first-order valence-electron chi connectivity index (χ1n) is 10.1. The zero-order chi connectivity index (χ0) is 24.6. The fourth-order valence-electron chi connectivity index (χ4n) is 3.60. The van der Waals surface area contributed by atoms with E-state index in [1.807, 2.05) is 6.92 Å². The van der Waals surface area contributed by atoms with Crippen LogP contribution in [0.5, 0.6) is 0 Å². The van der Waals surface area contributed by atoms with Crippen LogP contribution in [0.1, 0.15) is 35.5 Å². The molecule has 0 amide bonds. The summed E-state index contributed by atoms with van der Waals surface area (Å²) in [5, 5.41) is 17.4. The number of carbonyl (C=O) groups is 1. The van der Waals surface area contributed by atoms with Gasteiger partial charge in [0.15, 0.2) is 0 Å². The Bertz CT molecular complexity index is 1280. The Balaban J connectivity index is 1.97. The van der Waals surface area contributed by atoms with Crippen LogP contribution < -0.4 is 5.32 Å². The third kappa shape index (κ3) is 4.21. The number of nitrogens with one attached hydrogen (secondary N) is 1. The van der Waals surface area contributed by atoms with Crippen LogP contribution >= 0.6 is 0 Å². The van der Waals surface area contributed by atoms with Crippen molar-refractivity contribution in [3.05, 3.63) is 86.7 Å². The van der Waals surface area contributed by atoms with Gasteiger partial charge in [0, 0.05) is 12.1 Å². The number of ether oxygens (including phenoxy) is 1. The number of esters is 1. The predicted molar refractivity (Wildman–Crippen MR) is 115 cm³/mol. The lowest BCUT2D eigenvalue weighted by atomic mass is 9.92. The van der Waals surface area contributed by atoms with Gasteiger partial charge in [-0.15, -0.1) is 5.10 Å². The number of non-ortho nitro benzene ring substituents is 1. The van der Waals surface area contributed by atoms with Crippen LogP contribution in [-0.2, 0) is 15.7 Å². The van der Waals surface area contributed by atoms with Crippen LogP contribution in [-0.4, -0.2) is 32.3 Å². The monoisotopic (exact) mass is 473 g/mol. The van der Waals surface area contributed by atoms with Gasteiger partial charge in [-0.3, -0.25) is 10.1 Å². The summed E-state index contributed by atoms with van der Waals surface area (Å²) in [6, 6.07) is 11.0. The fourth-order valence-corrected chi connectivity index (χ4v) is 3.60. The van der Waals surface area contributed by atoms with Gasteiger partial charge in [0.1, 0.15) is 6.04 Å². The highest BCUT2D eigenvalue weighted by Crippen LogP contribution is 2.41. The van der Waals surface area contributed by atoms with Gasteiger partial charge in [0.25, 0.3) is 11.5 Å². The van der Waals surface area contributed by atoms with E-state index in [4.69, 9.17) is 4.74 Å². The largest absolute Gasteiger partial charge is 0.463 e. The zero-order valence-electron chi connectivity index (χ0n) is 18.0. The molecule has 2 heterocycles. The van der Waals surface area contributed by atoms with Crippen molar-refractivity contribution in [3.8, 4) is 0 Å². The molecule has 1 atom stereocenters. The average Bonchev–Trinajstić information content (AvgIpc) is 3.23. The number of alkyl halides is 3. The molecule has 0 spiro atoms. The maximum atomic E-state index is 13.4. The summed E-state index contributed by atoms with van der Waals surface area (Å²) in [4.78, 5) is 27.2. The molecule has 0 saturated heterocycles. The Morgan fingerprint density at radius 1 is 1.18 bits per heavy atom. The molecule has 0 bridgehead atoms. The summed E-state index contributed by atoms with van der Waals surface area (Å²) >= 11 is 0. The number of benzene rings is 2. The second-order valence-electron chi connectivity index (χ2n) is 7.45. The van der Waals surface area contributed by atoms with Gasteiger partial charge >= 0.3 is 12.1 Å². The van der Waals surface area contributed by atoms with E-state index in [-0.39, 0.29) is 29.5 Å². The Morgan fingerprint density at radius 2 is 1.82 bits per heavy atom. The number of anilines is 1. The molecule has 0 saturated carbocycles. The molecular weight excluding hydrogens is 455 g/mol. The SMILES string of the molecule is CCOC(=O)C1=C(c2ccc([N+](=O)[O-])cc2)Nc2nc(C(F)(F)F)nn2C1c1ccc(C)cc1. The number of nitro groups is 1. The average molecular weight is 473 g/mol. The Kier molecular flexibility index (Phi) is 5.82. The lowest BCUT2D eigenvalue weighted by Gasteiger charge is -2.29. The van der Waals surface area contributed by atoms with Crippen molar-refractivity contribution in [1.29, 1.82) is 0 Å². The summed E-state index contributed by atoms with van der Waals surface area (Å²) in [6.07, 6.45) is -4.82. The van der Waals surface area contributed by atoms with E-state index in [9.17, 15) is 28.1 Å². The summed E-state index contributed by atoms with van der Waals surface area (Å²) < 4.78 is 46.5. The lowest BCUT2D eigenvalue weighted by molar-refractivity contribution is -0.384. The van der Waals surface area contributed by atoms with Crippen molar-refractivity contribution < 1.29 is 27.6 Å². The standard InChI is InChI=1S/C22H18F3N5O4/c1-3-34-19(31)16-17(13-8-10-15(11-9-13)30(32)33)26-21-27-20(22(23,24)25)28-29(21)18(16)14-6-4-12(2)5-7-14/h4-11,18H,3H2,1-2H3,(H,26,27,28). The Morgan fingerprint density at radius 3 is 2.38 bits per heavy atom. The van der Waals surface area contributed by atoms with Crippen LogP contribution in [0.2, 0.25) is 0 Å². The second kappa shape index (κ2) is 8.61. The van der Waals surface area contributed by atoms with E-state index in [0.717, 1.165) is 10.2 Å². The van der Waals surface area contributed by atoms with E-state index < -0.39 is 28.9 Å². The van der Waals surface area contributed by atoms with Gasteiger partial charge in [-0.25, -0.2) is 9.48 Å². The molecule has 2 aromatic carbocycles. The molecule has 176 valence electrons. The van der Waals surface area contributed by atoms with E-state index in [1.54, 1.807) is 31.2 Å². The predicted octanol–water partition coefficient (Wildman–Crippen LogP) is 4.50. The summed E-state index contributed by atoms with van der Waals surface area (Å²) in [5.74, 6) is -2.39. The van der Waals surface area contributed by atoms with Crippen LogP contribution in [0.25, 0.3) is 5.70 Å². The third-order valence-corrected chi connectivity index (χ3v) is 5.16. The molecule has 1 unspecified atom stereocenters. The smallest absolute Gasteiger partial charge is 0.453 e. The molecule has 0 radical (unpaired) electrons. The molecule has 0 fully saturated rings. The minimum atomic E-state index is -4.82. The van der Waals surface area contributed by atoms with Crippen LogP contribution in [0.3, 0.4) is 0 Å². The van der Waals surface area contributed by atoms with Crippen molar-refractivity contribution in [2.75, 3.05) is 11.9 Å². The normalized spacial score (nSPS) is 15.5. The quantitative estimate of drug-likeness (QED) is 0.330. The number of nitro benzene ring substituents is 1. The van der Waals surface area contributed by atoms with Gasteiger partial charge in [0.05, 0.1) is 22.8 Å². The molecule has 1 aromatic heterocycles. The number of nitrogens with zero attached hydrogens (tertiary/aromatic N) is 4. The molecule has 4 rings (SSSR count). The van der Waals surface area contributed by atoms with E-state index in [2.05, 4.69) is 15.4 Å². The molecule has 34 heavy (non-hydrogen) atoms. The van der Waals surface area contributed by atoms with Gasteiger partial charge in [0.2, 0.25) is 5.95 Å². The topological polar surface area (TPSA) is 112 Å². The number of carbonyl (C=O) groups excluding carboxylic acids is 1. The van der Waals surface area contributed by atoms with Crippen LogP contribution in [0.15, 0.2) is 54.1 Å². The first kappa shape index (κ1) is 23.0. The van der Waals surface area contributed by atoms with Crippen molar-refractivity contribution in [3.63, 3.8) is 0 Å². The van der Waals surface area contributed by atoms with Crippen LogP contribution in [0, 0.1) is 17.0 Å². The van der Waals surface area contributed by atoms with Crippen molar-refractivity contribution in [1.82, 2.24) is 14.8 Å². The van der Waals surface area contributed by atoms with Crippen molar-refractivity contribution in [2.45, 2.75) is 26.1 Å². The van der Waals surface area contributed by atoms with Gasteiger partial charge in [-0.2, -0.15) is 18.2 Å². The highest BCUT2D eigenvalue weighted by Gasteiger charge is 2.42. The second-order valence-corrected chi connectivity index (χ2v) is 7.45. The van der Waals surface area contributed by atoms with Crippen molar-refractivity contribution in [2.24, 2.45) is 0 Å². The Hall–Kier alpha value is -4.22. The molecular formula is C22H18F3N5O4. The summed E-state index contributed by atoms with van der Waals surface area (Å²) in [5.41, 5.74) is 1.64. The molecule has 1 aliphatic heterocycles. The highest BCUT2D eigenvalue weighted by molar-refractivity contribution is 6.02. The number of halogens is 3. The molecule has 12 heteroatoms. The number of hydrogen-bond acceptors (Lipinski definition) is 7. The van der Waals surface area contributed by atoms with Gasteiger partial charge in [-0.05, 0) is 37.1 Å². The summed E-state index contributed by atoms with van der Waals surface area (Å²) in [7, 11) is 0. The number of aryl methyl sites for hydroxylation is 1. The van der Waals surface area contributed by atoms with E-state index in [0.29, 0.717) is 11.1 Å². The first-order valence-corrected chi connectivity index (χ1v) is 10.1. The van der Waals surface area contributed by atoms with Gasteiger partial charge in [-0.1, -0.05) is 29.8 Å². The molecule has 3 aromatic rings. The fraction of sp³-hybridized carbons (Fsp3) is 0.227. The minimum absolute atomic E-state index is 0.00863. The first-order chi connectivity index (χ1) is 16.1. The van der Waals surface area contributed by atoms with E-state index >= 15 is 0 Å². The highest BCUT2D eigenvalue weighted by atomic mass is 19.4. The minimum Gasteiger partial charge on any atom is -0.463 e.